The van der Waals surface area contributed by atoms with Crippen molar-refractivity contribution in [1.29, 1.82) is 0 Å². The van der Waals surface area contributed by atoms with Gasteiger partial charge in [-0.2, -0.15) is 0 Å². The number of anilines is 2. The maximum absolute atomic E-state index is 12.2. The van der Waals surface area contributed by atoms with E-state index in [1.807, 2.05) is 37.3 Å². The fraction of sp³-hybridized carbons (Fsp3) is 0.125. The average Bonchev–Trinajstić information content (AvgIpc) is 2.51. The predicted molar refractivity (Wildman–Crippen MR) is 91.8 cm³/mol. The number of nitrogens with zero attached hydrogens (tertiary/aromatic N) is 1. The molecule has 0 radical (unpaired) electrons. The van der Waals surface area contributed by atoms with Crippen molar-refractivity contribution < 1.29 is 4.74 Å². The van der Waals surface area contributed by atoms with Crippen LogP contribution in [0, 0.1) is 0 Å². The second-order valence-corrected chi connectivity index (χ2v) is 5.94. The van der Waals surface area contributed by atoms with Crippen molar-refractivity contribution in [2.24, 2.45) is 0 Å². The SMILES string of the molecule is CCOc1ccc2sc(=O)c(Nc3ccccc3Cl)nc2c1. The zero-order valence-corrected chi connectivity index (χ0v) is 13.4. The molecule has 0 aliphatic rings. The lowest BCUT2D eigenvalue weighted by Gasteiger charge is -2.08. The lowest BCUT2D eigenvalue weighted by molar-refractivity contribution is 0.340. The van der Waals surface area contributed by atoms with Crippen LogP contribution in [0.2, 0.25) is 5.02 Å². The normalized spacial score (nSPS) is 10.6. The summed E-state index contributed by atoms with van der Waals surface area (Å²) in [6.07, 6.45) is 0. The van der Waals surface area contributed by atoms with E-state index in [1.165, 1.54) is 0 Å². The Morgan fingerprint density at radius 1 is 1.27 bits per heavy atom. The topological polar surface area (TPSA) is 51.2 Å². The molecule has 0 spiro atoms. The summed E-state index contributed by atoms with van der Waals surface area (Å²) >= 11 is 7.24. The minimum absolute atomic E-state index is 0.142. The molecule has 0 aliphatic heterocycles. The molecule has 0 saturated carbocycles. The first-order chi connectivity index (χ1) is 10.7. The molecule has 0 aliphatic carbocycles. The lowest BCUT2D eigenvalue weighted by Crippen LogP contribution is -2.07. The summed E-state index contributed by atoms with van der Waals surface area (Å²) in [6, 6.07) is 12.7. The van der Waals surface area contributed by atoms with Crippen molar-refractivity contribution in [3.63, 3.8) is 0 Å². The highest BCUT2D eigenvalue weighted by Gasteiger charge is 2.08. The molecule has 2 aromatic carbocycles. The third-order valence-corrected chi connectivity index (χ3v) is 4.27. The molecule has 0 atom stereocenters. The fourth-order valence-corrected chi connectivity index (χ4v) is 2.93. The maximum Gasteiger partial charge on any atom is 0.275 e. The van der Waals surface area contributed by atoms with Crippen LogP contribution in [0.5, 0.6) is 5.75 Å². The molecule has 0 bridgehead atoms. The Labute approximate surface area is 136 Å². The smallest absolute Gasteiger partial charge is 0.275 e. The van der Waals surface area contributed by atoms with E-state index in [0.717, 1.165) is 21.8 Å². The fourth-order valence-electron chi connectivity index (χ4n) is 2.01. The van der Waals surface area contributed by atoms with Gasteiger partial charge in [0.1, 0.15) is 5.75 Å². The number of hydrogen-bond acceptors (Lipinski definition) is 5. The maximum atomic E-state index is 12.2. The van der Waals surface area contributed by atoms with Crippen molar-refractivity contribution in [3.8, 4) is 5.75 Å². The summed E-state index contributed by atoms with van der Waals surface area (Å²) in [6.45, 7) is 2.50. The van der Waals surface area contributed by atoms with Crippen LogP contribution >= 0.6 is 22.9 Å². The molecule has 0 amide bonds. The van der Waals surface area contributed by atoms with E-state index in [0.29, 0.717) is 22.8 Å². The van der Waals surface area contributed by atoms with Gasteiger partial charge in [0, 0.05) is 6.07 Å². The molecule has 112 valence electrons. The largest absolute Gasteiger partial charge is 0.494 e. The van der Waals surface area contributed by atoms with Gasteiger partial charge in [0.25, 0.3) is 4.74 Å². The van der Waals surface area contributed by atoms with E-state index in [4.69, 9.17) is 16.3 Å². The third-order valence-electron chi connectivity index (χ3n) is 3.00. The molecular formula is C16H13ClN2O2S. The Bertz CT molecular complexity index is 879. The number of hydrogen-bond donors (Lipinski definition) is 1. The number of fused-ring (bicyclic) bond motifs is 1. The highest BCUT2D eigenvalue weighted by Crippen LogP contribution is 2.26. The summed E-state index contributed by atoms with van der Waals surface area (Å²) < 4.78 is 6.14. The molecule has 0 fully saturated rings. The van der Waals surface area contributed by atoms with Crippen LogP contribution in [-0.2, 0) is 0 Å². The van der Waals surface area contributed by atoms with Crippen LogP contribution in [0.4, 0.5) is 11.5 Å². The lowest BCUT2D eigenvalue weighted by atomic mass is 10.3. The molecule has 0 unspecified atom stereocenters. The zero-order chi connectivity index (χ0) is 15.5. The molecule has 3 aromatic rings. The van der Waals surface area contributed by atoms with Crippen LogP contribution in [0.25, 0.3) is 10.2 Å². The van der Waals surface area contributed by atoms with E-state index >= 15 is 0 Å². The zero-order valence-electron chi connectivity index (χ0n) is 11.8. The van der Waals surface area contributed by atoms with Gasteiger partial charge in [-0.15, -0.1) is 0 Å². The van der Waals surface area contributed by atoms with Crippen LogP contribution in [0.3, 0.4) is 0 Å². The number of halogens is 1. The molecule has 1 aromatic heterocycles. The van der Waals surface area contributed by atoms with Crippen LogP contribution in [0.15, 0.2) is 47.3 Å². The van der Waals surface area contributed by atoms with Crippen LogP contribution in [-0.4, -0.2) is 11.6 Å². The Morgan fingerprint density at radius 2 is 2.09 bits per heavy atom. The average molecular weight is 333 g/mol. The Hall–Kier alpha value is -2.11. The van der Waals surface area contributed by atoms with Crippen LogP contribution in [0.1, 0.15) is 6.92 Å². The standard InChI is InChI=1S/C16H13ClN2O2S/c1-2-21-10-7-8-14-13(9-10)19-15(16(20)22-14)18-12-6-4-3-5-11(12)17/h3-9H,2H2,1H3,(H,18,19). The number of nitrogens with one attached hydrogen (secondary N) is 1. The van der Waals surface area contributed by atoms with Gasteiger partial charge < -0.3 is 10.1 Å². The van der Waals surface area contributed by atoms with Gasteiger partial charge in [-0.05, 0) is 31.2 Å². The molecule has 1 heterocycles. The first-order valence-electron chi connectivity index (χ1n) is 6.76. The molecule has 22 heavy (non-hydrogen) atoms. The Morgan fingerprint density at radius 3 is 2.86 bits per heavy atom. The Balaban J connectivity index is 2.04. The van der Waals surface area contributed by atoms with E-state index in [1.54, 1.807) is 12.1 Å². The summed E-state index contributed by atoms with van der Waals surface area (Å²) in [5.41, 5.74) is 1.37. The van der Waals surface area contributed by atoms with Gasteiger partial charge in [0.2, 0.25) is 0 Å². The molecule has 0 saturated heterocycles. The van der Waals surface area contributed by atoms with Gasteiger partial charge in [-0.1, -0.05) is 35.1 Å². The number of benzene rings is 2. The second kappa shape index (κ2) is 6.34. The minimum atomic E-state index is -0.142. The van der Waals surface area contributed by atoms with Crippen molar-refractivity contribution in [3.05, 3.63) is 57.0 Å². The van der Waals surface area contributed by atoms with Gasteiger partial charge in [-0.3, -0.25) is 4.79 Å². The summed E-state index contributed by atoms with van der Waals surface area (Å²) in [5, 5.41) is 3.54. The quantitative estimate of drug-likeness (QED) is 0.766. The van der Waals surface area contributed by atoms with Crippen LogP contribution < -0.4 is 14.8 Å². The Kier molecular flexibility index (Phi) is 4.27. The monoisotopic (exact) mass is 332 g/mol. The van der Waals surface area contributed by atoms with Gasteiger partial charge in [-0.25, -0.2) is 4.98 Å². The molecule has 4 nitrogen and oxygen atoms in total. The number of rotatable bonds is 4. The number of ether oxygens (including phenoxy) is 1. The van der Waals surface area contributed by atoms with Gasteiger partial charge in [0.05, 0.1) is 27.5 Å². The number of para-hydroxylation sites is 1. The van der Waals surface area contributed by atoms with E-state index in [-0.39, 0.29) is 10.6 Å². The molecular weight excluding hydrogens is 320 g/mol. The first-order valence-corrected chi connectivity index (χ1v) is 7.96. The number of aromatic nitrogens is 1. The van der Waals surface area contributed by atoms with Gasteiger partial charge in [0.15, 0.2) is 5.82 Å². The predicted octanol–water partition coefficient (Wildman–Crippen LogP) is 4.45. The molecule has 1 N–H and O–H groups in total. The highest BCUT2D eigenvalue weighted by molar-refractivity contribution is 7.16. The molecule has 6 heteroatoms. The van der Waals surface area contributed by atoms with Crippen molar-refractivity contribution in [2.45, 2.75) is 6.92 Å². The van der Waals surface area contributed by atoms with Crippen molar-refractivity contribution >= 4 is 44.7 Å². The summed E-state index contributed by atoms with van der Waals surface area (Å²) in [4.78, 5) is 16.6. The third kappa shape index (κ3) is 3.05. The van der Waals surface area contributed by atoms with E-state index in [2.05, 4.69) is 10.3 Å². The van der Waals surface area contributed by atoms with Crippen molar-refractivity contribution in [1.82, 2.24) is 4.98 Å². The van der Waals surface area contributed by atoms with Crippen molar-refractivity contribution in [2.75, 3.05) is 11.9 Å². The van der Waals surface area contributed by atoms with E-state index < -0.39 is 0 Å². The highest BCUT2D eigenvalue weighted by atomic mass is 35.5. The second-order valence-electron chi connectivity index (χ2n) is 4.52. The van der Waals surface area contributed by atoms with Gasteiger partial charge >= 0.3 is 0 Å². The molecule has 3 rings (SSSR count). The summed E-state index contributed by atoms with van der Waals surface area (Å²) in [5.74, 6) is 0.997. The van der Waals surface area contributed by atoms with E-state index in [9.17, 15) is 4.79 Å². The first kappa shape index (κ1) is 14.8. The summed E-state index contributed by atoms with van der Waals surface area (Å²) in [7, 11) is 0. The minimum Gasteiger partial charge on any atom is -0.494 e.